The number of benzene rings is 1. The van der Waals surface area contributed by atoms with E-state index in [9.17, 15) is 0 Å². The number of aromatic amines is 1. The number of anilines is 3. The summed E-state index contributed by atoms with van der Waals surface area (Å²) in [6, 6.07) is 14.4. The number of nitrogens with one attached hydrogen (secondary N) is 2. The quantitative estimate of drug-likeness (QED) is 0.595. The Morgan fingerprint density at radius 3 is 2.44 bits per heavy atom. The van der Waals surface area contributed by atoms with Gasteiger partial charge in [0.25, 0.3) is 0 Å². The van der Waals surface area contributed by atoms with Crippen molar-refractivity contribution in [2.75, 3.05) is 24.3 Å². The number of H-pyrrole nitrogens is 1. The lowest BCUT2D eigenvalue weighted by Crippen LogP contribution is -2.13. The molecule has 0 atom stereocenters. The molecule has 0 spiro atoms. The van der Waals surface area contributed by atoms with E-state index in [4.69, 9.17) is 0 Å². The second kappa shape index (κ2) is 5.98. The van der Waals surface area contributed by atoms with Crippen molar-refractivity contribution in [2.24, 2.45) is 0 Å². The Morgan fingerprint density at radius 1 is 1.04 bits per heavy atom. The van der Waals surface area contributed by atoms with Gasteiger partial charge in [-0.2, -0.15) is 9.97 Å². The summed E-state index contributed by atoms with van der Waals surface area (Å²) in [5.74, 6) is 1.47. The van der Waals surface area contributed by atoms with Crippen LogP contribution in [0.5, 0.6) is 0 Å². The van der Waals surface area contributed by atoms with Crippen molar-refractivity contribution in [2.45, 2.75) is 6.92 Å². The minimum atomic E-state index is 0.667. The maximum atomic E-state index is 4.66. The highest BCUT2D eigenvalue weighted by atomic mass is 15.2. The molecule has 25 heavy (non-hydrogen) atoms. The summed E-state index contributed by atoms with van der Waals surface area (Å²) in [7, 11) is 3.87. The molecular formula is C19H20N6. The zero-order chi connectivity index (χ0) is 17.4. The van der Waals surface area contributed by atoms with Crippen molar-refractivity contribution in [1.82, 2.24) is 19.5 Å². The number of fused-ring (bicyclic) bond motifs is 1. The second-order valence-corrected chi connectivity index (χ2v) is 6.24. The van der Waals surface area contributed by atoms with Crippen LogP contribution in [0, 0.1) is 6.92 Å². The summed E-state index contributed by atoms with van der Waals surface area (Å²) < 4.78 is 2.08. The first-order valence-electron chi connectivity index (χ1n) is 8.15. The smallest absolute Gasteiger partial charge is 0.228 e. The summed E-state index contributed by atoms with van der Waals surface area (Å²) in [4.78, 5) is 14.4. The van der Waals surface area contributed by atoms with Gasteiger partial charge in [0.15, 0.2) is 0 Å². The monoisotopic (exact) mass is 332 g/mol. The molecule has 0 aliphatic rings. The van der Waals surface area contributed by atoms with Crippen molar-refractivity contribution in [3.63, 3.8) is 0 Å². The summed E-state index contributed by atoms with van der Waals surface area (Å²) >= 11 is 0. The number of hydrogen-bond acceptors (Lipinski definition) is 4. The van der Waals surface area contributed by atoms with Crippen molar-refractivity contribution in [1.29, 1.82) is 0 Å². The maximum absolute atomic E-state index is 4.66. The molecule has 2 N–H and O–H groups in total. The summed E-state index contributed by atoms with van der Waals surface area (Å²) in [5.41, 5.74) is 4.00. The van der Waals surface area contributed by atoms with E-state index >= 15 is 0 Å². The average Bonchev–Trinajstić information content (AvgIpc) is 3.24. The van der Waals surface area contributed by atoms with Gasteiger partial charge in [0, 0.05) is 43.6 Å². The molecule has 0 amide bonds. The van der Waals surface area contributed by atoms with E-state index in [1.807, 2.05) is 50.4 Å². The van der Waals surface area contributed by atoms with Crippen molar-refractivity contribution < 1.29 is 0 Å². The van der Waals surface area contributed by atoms with Gasteiger partial charge in [-0.15, -0.1) is 0 Å². The van der Waals surface area contributed by atoms with Gasteiger partial charge in [0.1, 0.15) is 11.5 Å². The highest BCUT2D eigenvalue weighted by Gasteiger charge is 2.11. The van der Waals surface area contributed by atoms with E-state index in [2.05, 4.69) is 55.2 Å². The molecule has 6 heteroatoms. The first-order valence-corrected chi connectivity index (χ1v) is 8.15. The van der Waals surface area contributed by atoms with Gasteiger partial charge >= 0.3 is 0 Å². The number of rotatable bonds is 4. The lowest BCUT2D eigenvalue weighted by molar-refractivity contribution is 1.01. The predicted octanol–water partition coefficient (Wildman–Crippen LogP) is 3.87. The van der Waals surface area contributed by atoms with Crippen LogP contribution in [-0.2, 0) is 0 Å². The normalized spacial score (nSPS) is 11.0. The van der Waals surface area contributed by atoms with Gasteiger partial charge in [-0.05, 0) is 49.4 Å². The Hall–Kier alpha value is -3.28. The van der Waals surface area contributed by atoms with Crippen molar-refractivity contribution >= 4 is 28.5 Å². The zero-order valence-electron chi connectivity index (χ0n) is 14.5. The molecule has 1 aromatic carbocycles. The third kappa shape index (κ3) is 2.94. The molecule has 0 unspecified atom stereocenters. The van der Waals surface area contributed by atoms with Gasteiger partial charge in [-0.1, -0.05) is 0 Å². The van der Waals surface area contributed by atoms with E-state index in [0.717, 1.165) is 33.9 Å². The standard InChI is InChI=1S/C19H20N6/c1-13-12-16-17(20-13)22-19(24(2)3)23-18(16)21-14-6-8-15(9-7-14)25-10-4-5-11-25/h4-12H,1-3H3,(H2,20,21,22,23). The number of nitrogens with zero attached hydrogens (tertiary/aromatic N) is 4. The molecule has 0 saturated carbocycles. The maximum Gasteiger partial charge on any atom is 0.228 e. The Morgan fingerprint density at radius 2 is 1.76 bits per heavy atom. The van der Waals surface area contributed by atoms with Crippen LogP contribution >= 0.6 is 0 Å². The number of hydrogen-bond donors (Lipinski definition) is 2. The van der Waals surface area contributed by atoms with Gasteiger partial charge < -0.3 is 19.8 Å². The van der Waals surface area contributed by atoms with Crippen LogP contribution in [0.2, 0.25) is 0 Å². The molecule has 0 fully saturated rings. The van der Waals surface area contributed by atoms with Crippen LogP contribution in [-0.4, -0.2) is 33.6 Å². The SMILES string of the molecule is Cc1cc2c(Nc3ccc(-n4cccc4)cc3)nc(N(C)C)nc2[nH]1. The molecule has 3 heterocycles. The number of aromatic nitrogens is 4. The van der Waals surface area contributed by atoms with Crippen molar-refractivity contribution in [3.8, 4) is 5.69 Å². The van der Waals surface area contributed by atoms with Crippen molar-refractivity contribution in [3.05, 3.63) is 60.6 Å². The molecule has 0 aliphatic heterocycles. The highest BCUT2D eigenvalue weighted by Crippen LogP contribution is 2.27. The molecule has 6 nitrogen and oxygen atoms in total. The third-order valence-electron chi connectivity index (χ3n) is 4.04. The Balaban J connectivity index is 1.70. The molecule has 0 radical (unpaired) electrons. The van der Waals surface area contributed by atoms with Gasteiger partial charge in [0.05, 0.1) is 5.39 Å². The Bertz CT molecular complexity index is 997. The minimum Gasteiger partial charge on any atom is -0.347 e. The molecule has 3 aromatic heterocycles. The molecule has 0 bridgehead atoms. The van der Waals surface area contributed by atoms with Crippen LogP contribution in [0.4, 0.5) is 17.5 Å². The van der Waals surface area contributed by atoms with Crippen LogP contribution in [0.3, 0.4) is 0 Å². The van der Waals surface area contributed by atoms with Gasteiger partial charge in [-0.3, -0.25) is 0 Å². The topological polar surface area (TPSA) is 61.8 Å². The largest absolute Gasteiger partial charge is 0.347 e. The highest BCUT2D eigenvalue weighted by molar-refractivity contribution is 5.90. The fraction of sp³-hybridized carbons (Fsp3) is 0.158. The molecule has 0 aliphatic carbocycles. The lowest BCUT2D eigenvalue weighted by atomic mass is 10.2. The van der Waals surface area contributed by atoms with Gasteiger partial charge in [0.2, 0.25) is 5.95 Å². The summed E-state index contributed by atoms with van der Waals surface area (Å²) in [5, 5.41) is 4.40. The van der Waals surface area contributed by atoms with E-state index in [-0.39, 0.29) is 0 Å². The van der Waals surface area contributed by atoms with Crippen LogP contribution in [0.15, 0.2) is 54.9 Å². The van der Waals surface area contributed by atoms with E-state index in [1.54, 1.807) is 0 Å². The Labute approximate surface area is 146 Å². The third-order valence-corrected chi connectivity index (χ3v) is 4.04. The molecule has 4 aromatic rings. The predicted molar refractivity (Wildman–Crippen MR) is 102 cm³/mol. The Kier molecular flexibility index (Phi) is 3.65. The minimum absolute atomic E-state index is 0.667. The van der Waals surface area contributed by atoms with Crippen LogP contribution in [0.25, 0.3) is 16.7 Å². The van der Waals surface area contributed by atoms with Crippen LogP contribution in [0.1, 0.15) is 5.69 Å². The van der Waals surface area contributed by atoms with E-state index < -0.39 is 0 Å². The number of aryl methyl sites for hydroxylation is 1. The molecule has 126 valence electrons. The van der Waals surface area contributed by atoms with E-state index in [1.165, 1.54) is 0 Å². The fourth-order valence-electron chi connectivity index (χ4n) is 2.78. The zero-order valence-corrected chi connectivity index (χ0v) is 14.5. The molecule has 4 rings (SSSR count). The van der Waals surface area contributed by atoms with Gasteiger partial charge in [-0.25, -0.2) is 0 Å². The summed E-state index contributed by atoms with van der Waals surface area (Å²) in [6.07, 6.45) is 4.06. The van der Waals surface area contributed by atoms with Crippen LogP contribution < -0.4 is 10.2 Å². The molecule has 0 saturated heterocycles. The second-order valence-electron chi connectivity index (χ2n) is 6.24. The van der Waals surface area contributed by atoms with E-state index in [0.29, 0.717) is 5.95 Å². The lowest BCUT2D eigenvalue weighted by Gasteiger charge is -2.13. The molecular weight excluding hydrogens is 312 g/mol. The first kappa shape index (κ1) is 15.3. The first-order chi connectivity index (χ1) is 12.1. The fourth-order valence-corrected chi connectivity index (χ4v) is 2.78. The average molecular weight is 332 g/mol. The summed E-state index contributed by atoms with van der Waals surface area (Å²) in [6.45, 7) is 2.02.